The van der Waals surface area contributed by atoms with Crippen molar-refractivity contribution in [3.05, 3.63) is 30.0 Å². The van der Waals surface area contributed by atoms with Crippen LogP contribution >= 0.6 is 0 Å². The van der Waals surface area contributed by atoms with Gasteiger partial charge in [-0.3, -0.25) is 4.68 Å². The van der Waals surface area contributed by atoms with Crippen LogP contribution in [0, 0.1) is 12.8 Å². The van der Waals surface area contributed by atoms with Gasteiger partial charge in [0.05, 0.1) is 17.3 Å². The third-order valence-electron chi connectivity index (χ3n) is 3.69. The molecule has 3 nitrogen and oxygen atoms in total. The lowest BCUT2D eigenvalue weighted by atomic mass is 9.80. The van der Waals surface area contributed by atoms with Gasteiger partial charge >= 0.3 is 0 Å². The fraction of sp³-hybridized carbons (Fsp3) is 0.462. The molecular weight excluding hydrogens is 198 g/mol. The van der Waals surface area contributed by atoms with E-state index < -0.39 is 0 Å². The third kappa shape index (κ3) is 1.35. The third-order valence-corrected chi connectivity index (χ3v) is 3.69. The van der Waals surface area contributed by atoms with Gasteiger partial charge in [0.1, 0.15) is 0 Å². The van der Waals surface area contributed by atoms with Crippen molar-refractivity contribution in [2.45, 2.75) is 25.8 Å². The number of nitrogens with zero attached hydrogens (tertiary/aromatic N) is 2. The zero-order valence-electron chi connectivity index (χ0n) is 9.56. The smallest absolute Gasteiger partial charge is 0.0688 e. The molecule has 0 aliphatic heterocycles. The van der Waals surface area contributed by atoms with Crippen molar-refractivity contribution in [1.82, 2.24) is 9.78 Å². The summed E-state index contributed by atoms with van der Waals surface area (Å²) in [6.07, 6.45) is 2.36. The molecule has 16 heavy (non-hydrogen) atoms. The second-order valence-electron chi connectivity index (χ2n) is 4.77. The molecule has 0 amide bonds. The minimum atomic E-state index is 0.562. The van der Waals surface area contributed by atoms with Crippen LogP contribution in [0.25, 0.3) is 10.9 Å². The fourth-order valence-electron chi connectivity index (χ4n) is 2.62. The maximum Gasteiger partial charge on any atom is 0.0688 e. The summed E-state index contributed by atoms with van der Waals surface area (Å²) in [6, 6.07) is 9.02. The summed E-state index contributed by atoms with van der Waals surface area (Å²) in [6.45, 7) is 2.90. The van der Waals surface area contributed by atoms with Crippen molar-refractivity contribution in [2.24, 2.45) is 11.7 Å². The van der Waals surface area contributed by atoms with E-state index >= 15 is 0 Å². The Bertz CT molecular complexity index is 509. The highest BCUT2D eigenvalue weighted by atomic mass is 15.3. The number of para-hydroxylation sites is 1. The second kappa shape index (κ2) is 3.59. The Labute approximate surface area is 95.2 Å². The van der Waals surface area contributed by atoms with Gasteiger partial charge in [0.15, 0.2) is 0 Å². The molecule has 1 saturated carbocycles. The van der Waals surface area contributed by atoms with Gasteiger partial charge in [0.2, 0.25) is 0 Å². The van der Waals surface area contributed by atoms with E-state index in [2.05, 4.69) is 41.0 Å². The molecule has 2 N–H and O–H groups in total. The van der Waals surface area contributed by atoms with Gasteiger partial charge < -0.3 is 5.73 Å². The van der Waals surface area contributed by atoms with E-state index in [-0.39, 0.29) is 0 Å². The number of benzene rings is 1. The molecule has 1 heterocycles. The maximum atomic E-state index is 5.66. The monoisotopic (exact) mass is 215 g/mol. The predicted octanol–water partition coefficient (Wildman–Crippen LogP) is 2.25. The largest absolute Gasteiger partial charge is 0.330 e. The van der Waals surface area contributed by atoms with Crippen LogP contribution in [0.4, 0.5) is 0 Å². The van der Waals surface area contributed by atoms with Crippen LogP contribution in [0.3, 0.4) is 0 Å². The summed E-state index contributed by atoms with van der Waals surface area (Å²) in [4.78, 5) is 0. The standard InChI is InChI=1S/C13H17N3/c1-9-12-4-2-3-5-13(12)16(15-9)11-6-10(7-11)8-14/h2-5,10-11H,6-8,14H2,1H3. The maximum absolute atomic E-state index is 5.66. The van der Waals surface area contributed by atoms with Crippen LogP contribution in [0.5, 0.6) is 0 Å². The quantitative estimate of drug-likeness (QED) is 0.835. The summed E-state index contributed by atoms with van der Waals surface area (Å²) in [7, 11) is 0. The Morgan fingerprint density at radius 2 is 2.12 bits per heavy atom. The van der Waals surface area contributed by atoms with Crippen molar-refractivity contribution >= 4 is 10.9 Å². The lowest BCUT2D eigenvalue weighted by Crippen LogP contribution is -2.32. The molecule has 0 saturated heterocycles. The minimum Gasteiger partial charge on any atom is -0.330 e. The normalized spacial score (nSPS) is 24.6. The van der Waals surface area contributed by atoms with E-state index in [0.29, 0.717) is 12.0 Å². The molecule has 0 unspecified atom stereocenters. The van der Waals surface area contributed by atoms with Crippen molar-refractivity contribution < 1.29 is 0 Å². The van der Waals surface area contributed by atoms with Crippen LogP contribution < -0.4 is 5.73 Å². The SMILES string of the molecule is Cc1nn(C2CC(CN)C2)c2ccccc12. The molecule has 3 rings (SSSR count). The van der Waals surface area contributed by atoms with E-state index in [9.17, 15) is 0 Å². The topological polar surface area (TPSA) is 43.8 Å². The van der Waals surface area contributed by atoms with E-state index in [1.807, 2.05) is 0 Å². The lowest BCUT2D eigenvalue weighted by molar-refractivity contribution is 0.194. The Kier molecular flexibility index (Phi) is 2.21. The molecule has 1 aromatic heterocycles. The molecule has 1 fully saturated rings. The summed E-state index contributed by atoms with van der Waals surface area (Å²) >= 11 is 0. The average molecular weight is 215 g/mol. The van der Waals surface area contributed by atoms with Crippen LogP contribution in [-0.4, -0.2) is 16.3 Å². The zero-order valence-corrected chi connectivity index (χ0v) is 9.56. The van der Waals surface area contributed by atoms with Gasteiger partial charge in [-0.05, 0) is 38.3 Å². The van der Waals surface area contributed by atoms with Gasteiger partial charge in [-0.25, -0.2) is 0 Å². The average Bonchev–Trinajstić information content (AvgIpc) is 2.56. The summed E-state index contributed by atoms with van der Waals surface area (Å²) in [5.41, 5.74) is 8.06. The number of aromatic nitrogens is 2. The first-order chi connectivity index (χ1) is 7.79. The Balaban J connectivity index is 1.99. The summed E-state index contributed by atoms with van der Waals surface area (Å²) < 4.78 is 2.19. The first-order valence-corrected chi connectivity index (χ1v) is 5.93. The highest BCUT2D eigenvalue weighted by Crippen LogP contribution is 2.38. The van der Waals surface area contributed by atoms with Gasteiger partial charge in [-0.1, -0.05) is 18.2 Å². The molecule has 0 bridgehead atoms. The van der Waals surface area contributed by atoms with Crippen molar-refractivity contribution in [3.8, 4) is 0 Å². The van der Waals surface area contributed by atoms with Crippen molar-refractivity contribution in [3.63, 3.8) is 0 Å². The van der Waals surface area contributed by atoms with Crippen LogP contribution in [0.1, 0.15) is 24.6 Å². The Morgan fingerprint density at radius 3 is 2.88 bits per heavy atom. The Hall–Kier alpha value is -1.35. The van der Waals surface area contributed by atoms with Crippen LogP contribution in [0.2, 0.25) is 0 Å². The second-order valence-corrected chi connectivity index (χ2v) is 4.77. The van der Waals surface area contributed by atoms with Crippen LogP contribution in [-0.2, 0) is 0 Å². The highest BCUT2D eigenvalue weighted by Gasteiger charge is 2.30. The highest BCUT2D eigenvalue weighted by molar-refractivity contribution is 5.81. The number of nitrogens with two attached hydrogens (primary N) is 1. The molecule has 84 valence electrons. The molecule has 1 aliphatic rings. The number of hydrogen-bond donors (Lipinski definition) is 1. The minimum absolute atomic E-state index is 0.562. The van der Waals surface area contributed by atoms with E-state index in [1.165, 1.54) is 23.7 Å². The summed E-state index contributed by atoms with van der Waals surface area (Å²) in [5, 5.41) is 5.93. The molecule has 3 heteroatoms. The van der Waals surface area contributed by atoms with Gasteiger partial charge in [-0.15, -0.1) is 0 Å². The summed E-state index contributed by atoms with van der Waals surface area (Å²) in [5.74, 6) is 0.702. The molecule has 0 spiro atoms. The van der Waals surface area contributed by atoms with Crippen LogP contribution in [0.15, 0.2) is 24.3 Å². The van der Waals surface area contributed by atoms with Gasteiger partial charge in [-0.2, -0.15) is 5.10 Å². The van der Waals surface area contributed by atoms with Crippen molar-refractivity contribution in [2.75, 3.05) is 6.54 Å². The van der Waals surface area contributed by atoms with E-state index in [4.69, 9.17) is 5.73 Å². The number of aryl methyl sites for hydroxylation is 1. The number of hydrogen-bond acceptors (Lipinski definition) is 2. The van der Waals surface area contributed by atoms with Gasteiger partial charge in [0, 0.05) is 5.39 Å². The van der Waals surface area contributed by atoms with Gasteiger partial charge in [0.25, 0.3) is 0 Å². The first-order valence-electron chi connectivity index (χ1n) is 5.93. The predicted molar refractivity (Wildman–Crippen MR) is 65.3 cm³/mol. The fourth-order valence-corrected chi connectivity index (χ4v) is 2.62. The van der Waals surface area contributed by atoms with E-state index in [0.717, 1.165) is 12.2 Å². The molecule has 2 aromatic rings. The molecular formula is C13H17N3. The van der Waals surface area contributed by atoms with Crippen molar-refractivity contribution in [1.29, 1.82) is 0 Å². The zero-order chi connectivity index (χ0) is 11.1. The Morgan fingerprint density at radius 1 is 1.38 bits per heavy atom. The lowest BCUT2D eigenvalue weighted by Gasteiger charge is -2.34. The first kappa shape index (κ1) is 9.85. The number of rotatable bonds is 2. The number of fused-ring (bicyclic) bond motifs is 1. The van der Waals surface area contributed by atoms with E-state index in [1.54, 1.807) is 0 Å². The molecule has 1 aliphatic carbocycles. The molecule has 1 aromatic carbocycles. The molecule has 0 radical (unpaired) electrons. The molecule has 0 atom stereocenters.